The fraction of sp³-hybridized carbons (Fsp3) is 0.875. The number of nitrogens with zero attached hydrogens (tertiary/aromatic N) is 1. The summed E-state index contributed by atoms with van der Waals surface area (Å²) < 4.78 is 5.49. The van der Waals surface area contributed by atoms with E-state index >= 15 is 0 Å². The Kier molecular flexibility index (Phi) is 3.40. The Morgan fingerprint density at radius 3 is 2.42 bits per heavy atom. The Morgan fingerprint density at radius 1 is 1.50 bits per heavy atom. The molecule has 2 atom stereocenters. The van der Waals surface area contributed by atoms with Crippen LogP contribution in [0, 0.1) is 0 Å². The molecule has 1 aliphatic rings. The van der Waals surface area contributed by atoms with Crippen LogP contribution in [0.3, 0.4) is 0 Å². The van der Waals surface area contributed by atoms with Gasteiger partial charge in [0.25, 0.3) is 0 Å². The van der Waals surface area contributed by atoms with Crippen molar-refractivity contribution in [1.29, 1.82) is 0 Å². The molecular weight excluding hydrogens is 174 g/mol. The minimum Gasteiger partial charge on any atom is -0.372 e. The second kappa shape index (κ2) is 4.14. The molecule has 0 aromatic heterocycles. The summed E-state index contributed by atoms with van der Waals surface area (Å²) in [4.78, 5) is 13.1. The molecule has 70 valence electrons. The third kappa shape index (κ3) is 2.38. The molecule has 1 heterocycles. The van der Waals surface area contributed by atoms with E-state index in [0.29, 0.717) is 18.8 Å². The van der Waals surface area contributed by atoms with Gasteiger partial charge in [0.1, 0.15) is 0 Å². The number of ether oxygens (including phenoxy) is 1. The van der Waals surface area contributed by atoms with E-state index in [1.807, 2.05) is 18.7 Å². The zero-order valence-electron chi connectivity index (χ0n) is 7.49. The second-order valence-electron chi connectivity index (χ2n) is 3.21. The molecule has 0 spiro atoms. The van der Waals surface area contributed by atoms with E-state index in [0.717, 1.165) is 0 Å². The van der Waals surface area contributed by atoms with Crippen molar-refractivity contribution in [3.05, 3.63) is 0 Å². The van der Waals surface area contributed by atoms with Gasteiger partial charge in [0.15, 0.2) is 0 Å². The van der Waals surface area contributed by atoms with Crippen LogP contribution >= 0.6 is 12.6 Å². The largest absolute Gasteiger partial charge is 0.372 e. The molecule has 0 aromatic rings. The van der Waals surface area contributed by atoms with Gasteiger partial charge in [-0.3, -0.25) is 4.79 Å². The zero-order valence-corrected chi connectivity index (χ0v) is 8.38. The number of rotatable bonds is 1. The van der Waals surface area contributed by atoms with Gasteiger partial charge in [-0.15, -0.1) is 0 Å². The minimum atomic E-state index is 0.0975. The number of hydrogen-bond donors (Lipinski definition) is 1. The highest BCUT2D eigenvalue weighted by Gasteiger charge is 2.24. The Bertz CT molecular complexity index is 164. The minimum absolute atomic E-state index is 0.0975. The molecule has 0 aliphatic carbocycles. The lowest BCUT2D eigenvalue weighted by atomic mass is 10.2. The van der Waals surface area contributed by atoms with Crippen LogP contribution in [-0.4, -0.2) is 41.9 Å². The van der Waals surface area contributed by atoms with Gasteiger partial charge >= 0.3 is 0 Å². The van der Waals surface area contributed by atoms with E-state index in [9.17, 15) is 4.79 Å². The van der Waals surface area contributed by atoms with Crippen LogP contribution in [0.2, 0.25) is 0 Å². The highest BCUT2D eigenvalue weighted by atomic mass is 32.1. The highest BCUT2D eigenvalue weighted by Crippen LogP contribution is 2.10. The van der Waals surface area contributed by atoms with Crippen LogP contribution in [-0.2, 0) is 9.53 Å². The van der Waals surface area contributed by atoms with Crippen molar-refractivity contribution in [2.75, 3.05) is 18.8 Å². The molecule has 4 heteroatoms. The Morgan fingerprint density at radius 2 is 2.00 bits per heavy atom. The SMILES string of the molecule is C[C@@H]1CN(C(=O)CS)C[C@H](C)O1. The van der Waals surface area contributed by atoms with Gasteiger partial charge in [0.05, 0.1) is 18.0 Å². The molecule has 12 heavy (non-hydrogen) atoms. The summed E-state index contributed by atoms with van der Waals surface area (Å²) in [6.45, 7) is 5.36. The number of carbonyl (C=O) groups excluding carboxylic acids is 1. The summed E-state index contributed by atoms with van der Waals surface area (Å²) in [7, 11) is 0. The molecule has 1 fully saturated rings. The zero-order chi connectivity index (χ0) is 9.14. The number of carbonyl (C=O) groups is 1. The standard InChI is InChI=1S/C8H15NO2S/c1-6-3-9(8(10)5-12)4-7(2)11-6/h6-7,12H,3-5H2,1-2H3/t6-,7+. The van der Waals surface area contributed by atoms with Crippen LogP contribution in [0.5, 0.6) is 0 Å². The third-order valence-corrected chi connectivity index (χ3v) is 2.18. The van der Waals surface area contributed by atoms with Gasteiger partial charge in [0.2, 0.25) is 5.91 Å². The molecule has 0 saturated carbocycles. The van der Waals surface area contributed by atoms with Crippen LogP contribution in [0.15, 0.2) is 0 Å². The number of thiol groups is 1. The van der Waals surface area contributed by atoms with Crippen LogP contribution in [0.25, 0.3) is 0 Å². The molecule has 3 nitrogen and oxygen atoms in total. The average molecular weight is 189 g/mol. The first kappa shape index (κ1) is 9.86. The topological polar surface area (TPSA) is 29.5 Å². The molecule has 0 bridgehead atoms. The predicted molar refractivity (Wildman–Crippen MR) is 50.4 cm³/mol. The smallest absolute Gasteiger partial charge is 0.232 e. The van der Waals surface area contributed by atoms with Crippen molar-refractivity contribution in [3.63, 3.8) is 0 Å². The second-order valence-corrected chi connectivity index (χ2v) is 3.53. The monoisotopic (exact) mass is 189 g/mol. The molecule has 1 rings (SSSR count). The summed E-state index contributed by atoms with van der Waals surface area (Å²) in [6, 6.07) is 0. The first-order chi connectivity index (χ1) is 5.63. The van der Waals surface area contributed by atoms with Gasteiger partial charge in [0, 0.05) is 13.1 Å². The number of amides is 1. The van der Waals surface area contributed by atoms with Crippen molar-refractivity contribution >= 4 is 18.5 Å². The molecular formula is C8H15NO2S. The Balaban J connectivity index is 2.49. The van der Waals surface area contributed by atoms with Crippen LogP contribution < -0.4 is 0 Å². The van der Waals surface area contributed by atoms with E-state index < -0.39 is 0 Å². The van der Waals surface area contributed by atoms with Crippen molar-refractivity contribution in [2.24, 2.45) is 0 Å². The molecule has 0 radical (unpaired) electrons. The maximum absolute atomic E-state index is 11.3. The van der Waals surface area contributed by atoms with Gasteiger partial charge in [-0.1, -0.05) is 0 Å². The van der Waals surface area contributed by atoms with Crippen molar-refractivity contribution < 1.29 is 9.53 Å². The fourth-order valence-corrected chi connectivity index (χ4v) is 1.68. The molecule has 0 aromatic carbocycles. The van der Waals surface area contributed by atoms with E-state index in [-0.39, 0.29) is 18.1 Å². The van der Waals surface area contributed by atoms with Gasteiger partial charge in [-0.2, -0.15) is 12.6 Å². The van der Waals surface area contributed by atoms with Gasteiger partial charge in [-0.05, 0) is 13.8 Å². The molecule has 1 saturated heterocycles. The molecule has 1 amide bonds. The maximum Gasteiger partial charge on any atom is 0.232 e. The fourth-order valence-electron chi connectivity index (χ4n) is 1.48. The summed E-state index contributed by atoms with van der Waals surface area (Å²) in [5, 5.41) is 0. The number of morpholine rings is 1. The summed E-state index contributed by atoms with van der Waals surface area (Å²) >= 11 is 3.95. The van der Waals surface area contributed by atoms with Crippen LogP contribution in [0.1, 0.15) is 13.8 Å². The highest BCUT2D eigenvalue weighted by molar-refractivity contribution is 7.81. The molecule has 1 aliphatic heterocycles. The lowest BCUT2D eigenvalue weighted by molar-refractivity contribution is -0.140. The summed E-state index contributed by atoms with van der Waals surface area (Å²) in [5.74, 6) is 0.389. The van der Waals surface area contributed by atoms with E-state index in [1.54, 1.807) is 0 Å². The van der Waals surface area contributed by atoms with E-state index in [2.05, 4.69) is 12.6 Å². The average Bonchev–Trinajstić information content (AvgIpc) is 2.01. The quantitative estimate of drug-likeness (QED) is 0.610. The normalized spacial score (nSPS) is 30.4. The molecule has 0 unspecified atom stereocenters. The maximum atomic E-state index is 11.3. The van der Waals surface area contributed by atoms with Crippen LogP contribution in [0.4, 0.5) is 0 Å². The van der Waals surface area contributed by atoms with Crippen molar-refractivity contribution in [1.82, 2.24) is 4.90 Å². The number of hydrogen-bond acceptors (Lipinski definition) is 3. The Hall–Kier alpha value is -0.220. The molecule has 0 N–H and O–H groups in total. The predicted octanol–water partition coefficient (Wildman–Crippen LogP) is 0.552. The van der Waals surface area contributed by atoms with Gasteiger partial charge in [-0.25, -0.2) is 0 Å². The van der Waals surface area contributed by atoms with Gasteiger partial charge < -0.3 is 9.64 Å². The van der Waals surface area contributed by atoms with E-state index in [1.165, 1.54) is 0 Å². The summed E-state index contributed by atoms with van der Waals surface area (Å²) in [5.41, 5.74) is 0. The lowest BCUT2D eigenvalue weighted by Crippen LogP contribution is -2.48. The van der Waals surface area contributed by atoms with E-state index in [4.69, 9.17) is 4.74 Å². The van der Waals surface area contributed by atoms with Crippen molar-refractivity contribution in [2.45, 2.75) is 26.1 Å². The first-order valence-electron chi connectivity index (χ1n) is 4.17. The third-order valence-electron chi connectivity index (χ3n) is 1.91. The summed E-state index contributed by atoms with van der Waals surface area (Å²) in [6.07, 6.45) is 0.301. The van der Waals surface area contributed by atoms with Crippen molar-refractivity contribution in [3.8, 4) is 0 Å². The lowest BCUT2D eigenvalue weighted by Gasteiger charge is -2.35. The first-order valence-corrected chi connectivity index (χ1v) is 4.81. The Labute approximate surface area is 78.5 Å².